The first-order valence-electron chi connectivity index (χ1n) is 4.53. The van der Waals surface area contributed by atoms with Gasteiger partial charge in [0.25, 0.3) is 0 Å². The maximum Gasteiger partial charge on any atom is 0.0850 e. The van der Waals surface area contributed by atoms with Gasteiger partial charge in [0, 0.05) is 32.2 Å². The third kappa shape index (κ3) is 4.24. The van der Waals surface area contributed by atoms with Crippen molar-refractivity contribution < 1.29 is 4.74 Å². The highest BCUT2D eigenvalue weighted by molar-refractivity contribution is 5.85. The minimum absolute atomic E-state index is 0. The Hall–Kier alpha value is 0.130. The predicted octanol–water partition coefficient (Wildman–Crippen LogP) is -0.585. The van der Waals surface area contributed by atoms with E-state index in [-0.39, 0.29) is 24.6 Å². The van der Waals surface area contributed by atoms with Crippen molar-refractivity contribution in [3.05, 3.63) is 0 Å². The summed E-state index contributed by atoms with van der Waals surface area (Å²) < 4.78 is 5.51. The molecule has 4 N–H and O–H groups in total. The van der Waals surface area contributed by atoms with Crippen LogP contribution in [0.1, 0.15) is 6.92 Å². The molecule has 0 saturated carbocycles. The lowest BCUT2D eigenvalue weighted by Gasteiger charge is -2.34. The zero-order chi connectivity index (χ0) is 8.97. The number of rotatable bonds is 3. The van der Waals surface area contributed by atoms with Crippen LogP contribution in [0, 0.1) is 0 Å². The lowest BCUT2D eigenvalue weighted by atomic mass is 10.1. The van der Waals surface area contributed by atoms with Crippen LogP contribution in [-0.2, 0) is 4.74 Å². The normalized spacial score (nSPS) is 26.5. The lowest BCUT2D eigenvalue weighted by Crippen LogP contribution is -2.50. The second-order valence-corrected chi connectivity index (χ2v) is 3.36. The third-order valence-electron chi connectivity index (χ3n) is 2.21. The molecular formula is C8H20ClN3O. The van der Waals surface area contributed by atoms with Gasteiger partial charge in [-0.25, -0.2) is 0 Å². The average Bonchev–Trinajstić information content (AvgIpc) is 2.05. The fourth-order valence-corrected chi connectivity index (χ4v) is 1.44. The Bertz CT molecular complexity index is 133. The van der Waals surface area contributed by atoms with Crippen LogP contribution in [0.5, 0.6) is 0 Å². The van der Waals surface area contributed by atoms with Crippen LogP contribution in [0.4, 0.5) is 0 Å². The molecule has 2 atom stereocenters. The largest absolute Gasteiger partial charge is 0.374 e. The highest BCUT2D eigenvalue weighted by Crippen LogP contribution is 2.06. The minimum Gasteiger partial charge on any atom is -0.374 e. The molecule has 0 aliphatic carbocycles. The van der Waals surface area contributed by atoms with E-state index in [1.165, 1.54) is 0 Å². The first-order chi connectivity index (χ1) is 5.74. The summed E-state index contributed by atoms with van der Waals surface area (Å²) in [6, 6.07) is 0.116. The van der Waals surface area contributed by atoms with E-state index in [4.69, 9.17) is 16.2 Å². The number of hydrogen-bond donors (Lipinski definition) is 2. The molecule has 4 nitrogen and oxygen atoms in total. The second kappa shape index (κ2) is 6.56. The summed E-state index contributed by atoms with van der Waals surface area (Å²) in [5.74, 6) is 0. The van der Waals surface area contributed by atoms with Crippen molar-refractivity contribution in [1.82, 2.24) is 4.90 Å². The summed E-state index contributed by atoms with van der Waals surface area (Å²) in [5, 5.41) is 0. The van der Waals surface area contributed by atoms with Crippen molar-refractivity contribution in [1.29, 1.82) is 0 Å². The molecule has 13 heavy (non-hydrogen) atoms. The van der Waals surface area contributed by atoms with E-state index in [1.807, 2.05) is 6.92 Å². The Balaban J connectivity index is 0.00000144. The van der Waals surface area contributed by atoms with Crippen molar-refractivity contribution in [2.75, 3.05) is 32.8 Å². The number of ether oxygens (including phenoxy) is 1. The van der Waals surface area contributed by atoms with E-state index in [0.717, 1.165) is 26.2 Å². The van der Waals surface area contributed by atoms with Gasteiger partial charge in [0.05, 0.1) is 12.7 Å². The summed E-state index contributed by atoms with van der Waals surface area (Å²) in [6.07, 6.45) is 0.185. The summed E-state index contributed by atoms with van der Waals surface area (Å²) in [5.41, 5.74) is 11.2. The first-order valence-corrected chi connectivity index (χ1v) is 4.53. The number of morpholine rings is 1. The molecule has 0 aromatic rings. The molecule has 1 aliphatic rings. The fraction of sp³-hybridized carbons (Fsp3) is 1.00. The Morgan fingerprint density at radius 2 is 2.31 bits per heavy atom. The van der Waals surface area contributed by atoms with Gasteiger partial charge in [-0.3, -0.25) is 4.90 Å². The van der Waals surface area contributed by atoms with Crippen LogP contribution in [0.15, 0.2) is 0 Å². The lowest BCUT2D eigenvalue weighted by molar-refractivity contribution is -0.0365. The Morgan fingerprint density at radius 1 is 1.62 bits per heavy atom. The molecule has 2 unspecified atom stereocenters. The Morgan fingerprint density at radius 3 is 2.85 bits per heavy atom. The molecule has 0 aromatic heterocycles. The fourth-order valence-electron chi connectivity index (χ4n) is 1.44. The van der Waals surface area contributed by atoms with Gasteiger partial charge >= 0.3 is 0 Å². The van der Waals surface area contributed by atoms with Crippen LogP contribution in [0.3, 0.4) is 0 Å². The number of halogens is 1. The standard InChI is InChI=1S/C8H19N3O.ClH/c1-7(10)8-6-11(3-2-9)4-5-12-8;/h7-8H,2-6,9-10H2,1H3;1H. The number of nitrogens with two attached hydrogens (primary N) is 2. The van der Waals surface area contributed by atoms with Crippen LogP contribution in [-0.4, -0.2) is 49.8 Å². The van der Waals surface area contributed by atoms with Gasteiger partial charge in [-0.05, 0) is 6.92 Å². The van der Waals surface area contributed by atoms with Crippen molar-refractivity contribution in [3.8, 4) is 0 Å². The summed E-state index contributed by atoms with van der Waals surface area (Å²) in [7, 11) is 0. The van der Waals surface area contributed by atoms with E-state index >= 15 is 0 Å². The third-order valence-corrected chi connectivity index (χ3v) is 2.21. The van der Waals surface area contributed by atoms with Gasteiger partial charge in [-0.1, -0.05) is 0 Å². The Kier molecular flexibility index (Phi) is 6.63. The maximum absolute atomic E-state index is 5.74. The summed E-state index contributed by atoms with van der Waals surface area (Å²) in [4.78, 5) is 2.30. The number of nitrogens with zero attached hydrogens (tertiary/aromatic N) is 1. The van der Waals surface area contributed by atoms with E-state index in [1.54, 1.807) is 0 Å². The van der Waals surface area contributed by atoms with Crippen LogP contribution in [0.25, 0.3) is 0 Å². The van der Waals surface area contributed by atoms with Gasteiger partial charge in [-0.2, -0.15) is 0 Å². The first kappa shape index (κ1) is 13.1. The van der Waals surface area contributed by atoms with Crippen LogP contribution >= 0.6 is 12.4 Å². The SMILES string of the molecule is CC(N)C1CN(CCN)CCO1.Cl. The molecule has 5 heteroatoms. The molecule has 1 rings (SSSR count). The molecule has 80 valence electrons. The molecule has 0 spiro atoms. The molecule has 0 radical (unpaired) electrons. The molecule has 1 heterocycles. The molecule has 0 amide bonds. The highest BCUT2D eigenvalue weighted by Gasteiger charge is 2.22. The Labute approximate surface area is 86.0 Å². The van der Waals surface area contributed by atoms with E-state index in [9.17, 15) is 0 Å². The van der Waals surface area contributed by atoms with Crippen molar-refractivity contribution in [2.24, 2.45) is 11.5 Å². The molecular weight excluding hydrogens is 190 g/mol. The maximum atomic E-state index is 5.74. The van der Waals surface area contributed by atoms with Crippen molar-refractivity contribution >= 4 is 12.4 Å². The molecule has 1 aliphatic heterocycles. The summed E-state index contributed by atoms with van der Waals surface area (Å²) in [6.45, 7) is 6.34. The van der Waals surface area contributed by atoms with Gasteiger partial charge in [-0.15, -0.1) is 12.4 Å². The van der Waals surface area contributed by atoms with Gasteiger partial charge < -0.3 is 16.2 Å². The zero-order valence-corrected chi connectivity index (χ0v) is 8.93. The van der Waals surface area contributed by atoms with Gasteiger partial charge in [0.1, 0.15) is 0 Å². The average molecular weight is 210 g/mol. The highest BCUT2D eigenvalue weighted by atomic mass is 35.5. The van der Waals surface area contributed by atoms with E-state index in [0.29, 0.717) is 6.54 Å². The quantitative estimate of drug-likeness (QED) is 0.653. The molecule has 1 saturated heterocycles. The predicted molar refractivity (Wildman–Crippen MR) is 56.1 cm³/mol. The smallest absolute Gasteiger partial charge is 0.0850 e. The van der Waals surface area contributed by atoms with E-state index in [2.05, 4.69) is 4.90 Å². The van der Waals surface area contributed by atoms with Gasteiger partial charge in [0.15, 0.2) is 0 Å². The topological polar surface area (TPSA) is 64.5 Å². The van der Waals surface area contributed by atoms with E-state index < -0.39 is 0 Å². The molecule has 0 bridgehead atoms. The second-order valence-electron chi connectivity index (χ2n) is 3.36. The monoisotopic (exact) mass is 209 g/mol. The molecule has 1 fully saturated rings. The van der Waals surface area contributed by atoms with Crippen molar-refractivity contribution in [2.45, 2.75) is 19.1 Å². The van der Waals surface area contributed by atoms with Crippen molar-refractivity contribution in [3.63, 3.8) is 0 Å². The minimum atomic E-state index is 0. The van der Waals surface area contributed by atoms with Gasteiger partial charge in [0.2, 0.25) is 0 Å². The summed E-state index contributed by atoms with van der Waals surface area (Å²) >= 11 is 0. The van der Waals surface area contributed by atoms with Crippen LogP contribution in [0.2, 0.25) is 0 Å². The number of hydrogen-bond acceptors (Lipinski definition) is 4. The van der Waals surface area contributed by atoms with Crippen LogP contribution < -0.4 is 11.5 Å². The zero-order valence-electron chi connectivity index (χ0n) is 8.11. The molecule has 0 aromatic carbocycles.